The second kappa shape index (κ2) is 9.79. The quantitative estimate of drug-likeness (QED) is 0.671. The van der Waals surface area contributed by atoms with Crippen LogP contribution in [0.1, 0.15) is 22.1 Å². The Balaban J connectivity index is 1.76. The van der Waals surface area contributed by atoms with E-state index in [4.69, 9.17) is 9.47 Å². The zero-order chi connectivity index (χ0) is 22.4. The van der Waals surface area contributed by atoms with Crippen LogP contribution in [0.15, 0.2) is 35.1 Å². The van der Waals surface area contributed by atoms with Gasteiger partial charge in [0.05, 0.1) is 25.9 Å². The van der Waals surface area contributed by atoms with Crippen molar-refractivity contribution in [3.05, 3.63) is 51.9 Å². The number of carbonyl (C=O) groups is 1. The fraction of sp³-hybridized carbons (Fsp3) is 0.421. The number of carbonyl (C=O) groups excluding carboxylic acids is 1. The highest BCUT2D eigenvalue weighted by Crippen LogP contribution is 2.24. The minimum atomic E-state index is -4.80. The van der Waals surface area contributed by atoms with Crippen LogP contribution in [0.3, 0.4) is 0 Å². The fourth-order valence-electron chi connectivity index (χ4n) is 3.01. The number of methoxy groups -OCH3 is 1. The van der Waals surface area contributed by atoms with Gasteiger partial charge in [-0.25, -0.2) is 4.98 Å². The molecule has 0 saturated carbocycles. The molecule has 168 valence electrons. The molecule has 1 aromatic carbocycles. The molecule has 2 aromatic rings. The second-order valence-electron chi connectivity index (χ2n) is 6.65. The number of ether oxygens (including phenoxy) is 3. The zero-order valence-corrected chi connectivity index (χ0v) is 16.6. The summed E-state index contributed by atoms with van der Waals surface area (Å²) in [7, 11) is 1.42. The molecule has 3 rings (SSSR count). The molecule has 31 heavy (non-hydrogen) atoms. The van der Waals surface area contributed by atoms with Gasteiger partial charge in [-0.3, -0.25) is 14.6 Å². The highest BCUT2D eigenvalue weighted by atomic mass is 19.4. The molecule has 9 nitrogen and oxygen atoms in total. The number of nitrogens with one attached hydrogen (secondary N) is 2. The summed E-state index contributed by atoms with van der Waals surface area (Å²) in [6.07, 6.45) is -4.80. The van der Waals surface area contributed by atoms with Gasteiger partial charge >= 0.3 is 6.36 Å². The average Bonchev–Trinajstić information content (AvgIpc) is 2.73. The number of aromatic nitrogens is 2. The summed E-state index contributed by atoms with van der Waals surface area (Å²) in [5.41, 5.74) is -0.0927. The van der Waals surface area contributed by atoms with Crippen molar-refractivity contribution < 1.29 is 32.2 Å². The predicted octanol–water partition coefficient (Wildman–Crippen LogP) is 1.62. The van der Waals surface area contributed by atoms with Crippen molar-refractivity contribution in [2.75, 3.05) is 44.9 Å². The van der Waals surface area contributed by atoms with E-state index >= 15 is 0 Å². The minimum absolute atomic E-state index is 0.0464. The van der Waals surface area contributed by atoms with E-state index in [0.717, 1.165) is 18.2 Å². The first-order valence-electron chi connectivity index (χ1n) is 9.35. The lowest BCUT2D eigenvalue weighted by molar-refractivity contribution is -0.274. The maximum Gasteiger partial charge on any atom is 0.573 e. The summed E-state index contributed by atoms with van der Waals surface area (Å²) in [6.45, 7) is 2.04. The molecule has 0 radical (unpaired) electrons. The molecule has 1 aromatic heterocycles. The smallest absolute Gasteiger partial charge is 0.406 e. The van der Waals surface area contributed by atoms with Gasteiger partial charge in [-0.05, 0) is 17.7 Å². The Morgan fingerprint density at radius 1 is 1.29 bits per heavy atom. The highest BCUT2D eigenvalue weighted by Gasteiger charge is 2.31. The summed E-state index contributed by atoms with van der Waals surface area (Å²) in [5, 5.41) is 2.69. The Labute approximate surface area is 175 Å². The molecule has 1 aliphatic heterocycles. The Morgan fingerprint density at radius 2 is 1.97 bits per heavy atom. The number of rotatable bonds is 7. The van der Waals surface area contributed by atoms with Crippen LogP contribution in [0.4, 0.5) is 19.1 Å². The minimum Gasteiger partial charge on any atom is -0.406 e. The van der Waals surface area contributed by atoms with Gasteiger partial charge in [-0.2, -0.15) is 0 Å². The molecule has 1 aliphatic rings. The number of halogens is 3. The van der Waals surface area contributed by atoms with E-state index in [-0.39, 0.29) is 24.0 Å². The van der Waals surface area contributed by atoms with Gasteiger partial charge < -0.3 is 24.4 Å². The first-order valence-corrected chi connectivity index (χ1v) is 9.35. The molecule has 1 atom stereocenters. The van der Waals surface area contributed by atoms with Crippen LogP contribution in [0.2, 0.25) is 0 Å². The van der Waals surface area contributed by atoms with Gasteiger partial charge in [0.15, 0.2) is 0 Å². The number of H-pyrrole nitrogens is 1. The fourth-order valence-corrected chi connectivity index (χ4v) is 3.01. The standard InChI is InChI=1S/C19H21F3N4O5/c1-29-11-15(12-2-4-13(5-3-12)31-19(20,21)22)23-17(28)14-10-16(27)25-18(24-14)26-6-8-30-9-7-26/h2-5,10,15H,6-9,11H2,1H3,(H,23,28)(H,24,25,27). The molecule has 0 spiro atoms. The van der Waals surface area contributed by atoms with Crippen LogP contribution in [0.25, 0.3) is 0 Å². The lowest BCUT2D eigenvalue weighted by atomic mass is 10.1. The lowest BCUT2D eigenvalue weighted by Crippen LogP contribution is -2.39. The molecule has 2 heterocycles. The largest absolute Gasteiger partial charge is 0.573 e. The molecule has 1 unspecified atom stereocenters. The second-order valence-corrected chi connectivity index (χ2v) is 6.65. The number of aromatic amines is 1. The van der Waals surface area contributed by atoms with Crippen molar-refractivity contribution >= 4 is 11.9 Å². The molecule has 0 bridgehead atoms. The Hall–Kier alpha value is -3.12. The monoisotopic (exact) mass is 442 g/mol. The third kappa shape index (κ3) is 6.43. The van der Waals surface area contributed by atoms with Crippen LogP contribution in [-0.4, -0.2) is 62.3 Å². The van der Waals surface area contributed by atoms with Crippen molar-refractivity contribution in [3.8, 4) is 5.75 Å². The first kappa shape index (κ1) is 22.6. The molecular weight excluding hydrogens is 421 g/mol. The van der Waals surface area contributed by atoms with Crippen molar-refractivity contribution in [1.82, 2.24) is 15.3 Å². The number of morpholine rings is 1. The molecule has 12 heteroatoms. The van der Waals surface area contributed by atoms with E-state index in [2.05, 4.69) is 20.0 Å². The van der Waals surface area contributed by atoms with Gasteiger partial charge in [-0.1, -0.05) is 12.1 Å². The van der Waals surface area contributed by atoms with Crippen LogP contribution >= 0.6 is 0 Å². The van der Waals surface area contributed by atoms with Crippen LogP contribution in [0, 0.1) is 0 Å². The molecule has 1 amide bonds. The molecular formula is C19H21F3N4O5. The van der Waals surface area contributed by atoms with Crippen LogP contribution in [-0.2, 0) is 9.47 Å². The van der Waals surface area contributed by atoms with Crippen molar-refractivity contribution in [3.63, 3.8) is 0 Å². The van der Waals surface area contributed by atoms with Gasteiger partial charge in [0.25, 0.3) is 11.5 Å². The van der Waals surface area contributed by atoms with Gasteiger partial charge in [-0.15, -0.1) is 13.2 Å². The van der Waals surface area contributed by atoms with E-state index in [0.29, 0.717) is 31.9 Å². The summed E-state index contributed by atoms with van der Waals surface area (Å²) in [5.74, 6) is -0.749. The number of benzene rings is 1. The highest BCUT2D eigenvalue weighted by molar-refractivity contribution is 5.92. The zero-order valence-electron chi connectivity index (χ0n) is 16.6. The molecule has 2 N–H and O–H groups in total. The third-order valence-electron chi connectivity index (χ3n) is 4.43. The average molecular weight is 442 g/mol. The van der Waals surface area contributed by atoms with E-state index in [9.17, 15) is 22.8 Å². The Bertz CT molecular complexity index is 943. The SMILES string of the molecule is COCC(NC(=O)c1cc(=O)[nH]c(N2CCOCC2)n1)c1ccc(OC(F)(F)F)cc1. The number of anilines is 1. The predicted molar refractivity (Wildman–Crippen MR) is 103 cm³/mol. The summed E-state index contributed by atoms with van der Waals surface area (Å²) >= 11 is 0. The maximum atomic E-state index is 12.7. The summed E-state index contributed by atoms with van der Waals surface area (Å²) in [4.78, 5) is 33.4. The topological polar surface area (TPSA) is 106 Å². The van der Waals surface area contributed by atoms with Crippen molar-refractivity contribution in [2.24, 2.45) is 0 Å². The number of nitrogens with zero attached hydrogens (tertiary/aromatic N) is 2. The molecule has 1 saturated heterocycles. The first-order chi connectivity index (χ1) is 14.7. The van der Waals surface area contributed by atoms with E-state index in [1.54, 1.807) is 4.90 Å². The van der Waals surface area contributed by atoms with E-state index < -0.39 is 23.9 Å². The maximum absolute atomic E-state index is 12.7. The Kier molecular flexibility index (Phi) is 7.13. The molecule has 0 aliphatic carbocycles. The van der Waals surface area contributed by atoms with Crippen LogP contribution in [0.5, 0.6) is 5.75 Å². The molecule has 1 fully saturated rings. The number of hydrogen-bond donors (Lipinski definition) is 2. The van der Waals surface area contributed by atoms with Crippen molar-refractivity contribution in [2.45, 2.75) is 12.4 Å². The van der Waals surface area contributed by atoms with Gasteiger partial charge in [0.1, 0.15) is 11.4 Å². The van der Waals surface area contributed by atoms with Gasteiger partial charge in [0.2, 0.25) is 5.95 Å². The van der Waals surface area contributed by atoms with Crippen molar-refractivity contribution in [1.29, 1.82) is 0 Å². The summed E-state index contributed by atoms with van der Waals surface area (Å²) in [6, 6.07) is 5.43. The Morgan fingerprint density at radius 3 is 2.58 bits per heavy atom. The normalized spacial score (nSPS) is 15.4. The van der Waals surface area contributed by atoms with Crippen LogP contribution < -0.4 is 20.5 Å². The van der Waals surface area contributed by atoms with E-state index in [1.165, 1.54) is 19.2 Å². The van der Waals surface area contributed by atoms with E-state index in [1.807, 2.05) is 0 Å². The number of amides is 1. The lowest BCUT2D eigenvalue weighted by Gasteiger charge is -2.27. The third-order valence-corrected chi connectivity index (χ3v) is 4.43. The van der Waals surface area contributed by atoms with Gasteiger partial charge in [0, 0.05) is 26.3 Å². The summed E-state index contributed by atoms with van der Waals surface area (Å²) < 4.78 is 51.2. The number of alkyl halides is 3. The number of hydrogen-bond acceptors (Lipinski definition) is 7.